The SMILES string of the molecule is CCCCCCC1CCC(c2ccc(C(=O)CN)cc2)CC1. The largest absolute Gasteiger partial charge is 0.324 e. The molecule has 0 radical (unpaired) electrons. The molecule has 0 spiro atoms. The first-order chi connectivity index (χ1) is 10.7. The number of hydrogen-bond acceptors (Lipinski definition) is 2. The molecule has 0 heterocycles. The molecule has 1 aromatic carbocycles. The Morgan fingerprint density at radius 1 is 1.05 bits per heavy atom. The normalized spacial score (nSPS) is 21.7. The van der Waals surface area contributed by atoms with E-state index >= 15 is 0 Å². The van der Waals surface area contributed by atoms with Crippen molar-refractivity contribution in [3.63, 3.8) is 0 Å². The van der Waals surface area contributed by atoms with Gasteiger partial charge in [-0.05, 0) is 43.1 Å². The number of carbonyl (C=O) groups excluding carboxylic acids is 1. The summed E-state index contributed by atoms with van der Waals surface area (Å²) in [5.41, 5.74) is 7.56. The van der Waals surface area contributed by atoms with Crippen molar-refractivity contribution in [3.8, 4) is 0 Å². The Morgan fingerprint density at radius 2 is 1.73 bits per heavy atom. The van der Waals surface area contributed by atoms with Crippen LogP contribution in [0.5, 0.6) is 0 Å². The molecule has 2 heteroatoms. The Balaban J connectivity index is 1.77. The third-order valence-electron chi connectivity index (χ3n) is 5.20. The van der Waals surface area contributed by atoms with E-state index in [9.17, 15) is 4.79 Å². The molecule has 0 amide bonds. The second-order valence-electron chi connectivity index (χ2n) is 6.82. The van der Waals surface area contributed by atoms with Gasteiger partial charge in [0.2, 0.25) is 0 Å². The van der Waals surface area contributed by atoms with E-state index in [1.807, 2.05) is 12.1 Å². The molecule has 0 unspecified atom stereocenters. The summed E-state index contributed by atoms with van der Waals surface area (Å²) in [4.78, 5) is 11.6. The predicted molar refractivity (Wildman–Crippen MR) is 93.3 cm³/mol. The van der Waals surface area contributed by atoms with Crippen LogP contribution in [0.1, 0.15) is 86.6 Å². The van der Waals surface area contributed by atoms with Gasteiger partial charge in [0.25, 0.3) is 0 Å². The second kappa shape index (κ2) is 9.09. The van der Waals surface area contributed by atoms with Crippen LogP contribution >= 0.6 is 0 Å². The predicted octanol–water partition coefficient (Wildman–Crippen LogP) is 5.07. The zero-order valence-corrected chi connectivity index (χ0v) is 14.0. The highest BCUT2D eigenvalue weighted by Gasteiger charge is 2.22. The molecule has 0 saturated heterocycles. The molecule has 1 aliphatic carbocycles. The summed E-state index contributed by atoms with van der Waals surface area (Å²) in [5, 5.41) is 0. The van der Waals surface area contributed by atoms with Gasteiger partial charge in [-0.3, -0.25) is 4.79 Å². The number of Topliss-reactive ketones (excluding diaryl/α,β-unsaturated/α-hetero) is 1. The lowest BCUT2D eigenvalue weighted by molar-refractivity contribution is 0.100. The van der Waals surface area contributed by atoms with E-state index < -0.39 is 0 Å². The fraction of sp³-hybridized carbons (Fsp3) is 0.650. The molecule has 0 aromatic heterocycles. The molecule has 0 atom stereocenters. The molecule has 0 aliphatic heterocycles. The number of ketones is 1. The fourth-order valence-electron chi connectivity index (χ4n) is 3.70. The maximum Gasteiger partial charge on any atom is 0.176 e. The molecular formula is C20H31NO. The van der Waals surface area contributed by atoms with Crippen molar-refractivity contribution in [2.75, 3.05) is 6.54 Å². The van der Waals surface area contributed by atoms with E-state index in [1.165, 1.54) is 63.4 Å². The molecule has 1 fully saturated rings. The Labute approximate surface area is 135 Å². The van der Waals surface area contributed by atoms with E-state index in [0.29, 0.717) is 5.92 Å². The van der Waals surface area contributed by atoms with E-state index in [0.717, 1.165) is 11.5 Å². The smallest absolute Gasteiger partial charge is 0.176 e. The zero-order valence-electron chi connectivity index (χ0n) is 14.0. The summed E-state index contributed by atoms with van der Waals surface area (Å²) in [6.45, 7) is 2.38. The van der Waals surface area contributed by atoms with Gasteiger partial charge in [0.1, 0.15) is 0 Å². The van der Waals surface area contributed by atoms with Crippen molar-refractivity contribution in [2.45, 2.75) is 70.6 Å². The summed E-state index contributed by atoms with van der Waals surface area (Å²) in [6, 6.07) is 8.16. The molecule has 122 valence electrons. The minimum Gasteiger partial charge on any atom is -0.324 e. The zero-order chi connectivity index (χ0) is 15.8. The van der Waals surface area contributed by atoms with Crippen molar-refractivity contribution in [1.29, 1.82) is 0 Å². The number of benzene rings is 1. The number of rotatable bonds is 8. The second-order valence-corrected chi connectivity index (χ2v) is 6.82. The van der Waals surface area contributed by atoms with Gasteiger partial charge in [0.15, 0.2) is 5.78 Å². The Kier molecular flexibility index (Phi) is 7.11. The Hall–Kier alpha value is -1.15. The highest BCUT2D eigenvalue weighted by molar-refractivity contribution is 5.97. The summed E-state index contributed by atoms with van der Waals surface area (Å²) in [6.07, 6.45) is 12.3. The highest BCUT2D eigenvalue weighted by atomic mass is 16.1. The topological polar surface area (TPSA) is 43.1 Å². The summed E-state index contributed by atoms with van der Waals surface area (Å²) >= 11 is 0. The van der Waals surface area contributed by atoms with Crippen LogP contribution in [0.3, 0.4) is 0 Å². The number of unbranched alkanes of at least 4 members (excludes halogenated alkanes) is 3. The molecule has 2 nitrogen and oxygen atoms in total. The fourth-order valence-corrected chi connectivity index (χ4v) is 3.70. The average molecular weight is 301 g/mol. The van der Waals surface area contributed by atoms with Gasteiger partial charge in [-0.25, -0.2) is 0 Å². The molecule has 22 heavy (non-hydrogen) atoms. The molecule has 2 rings (SSSR count). The monoisotopic (exact) mass is 301 g/mol. The summed E-state index contributed by atoms with van der Waals surface area (Å²) in [5.74, 6) is 1.67. The van der Waals surface area contributed by atoms with Crippen LogP contribution in [0.25, 0.3) is 0 Å². The summed E-state index contributed by atoms with van der Waals surface area (Å²) < 4.78 is 0. The molecule has 0 bridgehead atoms. The van der Waals surface area contributed by atoms with Crippen LogP contribution in [0, 0.1) is 5.92 Å². The number of carbonyl (C=O) groups is 1. The number of hydrogen-bond donors (Lipinski definition) is 1. The molecule has 1 saturated carbocycles. The first-order valence-corrected chi connectivity index (χ1v) is 9.07. The van der Waals surface area contributed by atoms with Crippen LogP contribution in [-0.4, -0.2) is 12.3 Å². The highest BCUT2D eigenvalue weighted by Crippen LogP contribution is 2.37. The van der Waals surface area contributed by atoms with Crippen LogP contribution in [0.2, 0.25) is 0 Å². The van der Waals surface area contributed by atoms with Crippen molar-refractivity contribution < 1.29 is 4.79 Å². The van der Waals surface area contributed by atoms with Crippen molar-refractivity contribution >= 4 is 5.78 Å². The van der Waals surface area contributed by atoms with E-state index in [4.69, 9.17) is 5.73 Å². The van der Waals surface area contributed by atoms with Gasteiger partial charge in [-0.1, -0.05) is 63.3 Å². The maximum absolute atomic E-state index is 11.6. The minimum atomic E-state index is 0.0299. The molecule has 2 N–H and O–H groups in total. The van der Waals surface area contributed by atoms with Crippen molar-refractivity contribution in [3.05, 3.63) is 35.4 Å². The first kappa shape index (κ1) is 17.2. The number of nitrogens with two attached hydrogens (primary N) is 1. The van der Waals surface area contributed by atoms with Gasteiger partial charge >= 0.3 is 0 Å². The van der Waals surface area contributed by atoms with Gasteiger partial charge in [-0.15, -0.1) is 0 Å². The van der Waals surface area contributed by atoms with E-state index in [1.54, 1.807) is 0 Å². The molecule has 1 aromatic rings. The van der Waals surface area contributed by atoms with Gasteiger partial charge < -0.3 is 5.73 Å². The minimum absolute atomic E-state index is 0.0299. The Bertz CT molecular complexity index is 443. The third-order valence-corrected chi connectivity index (χ3v) is 5.20. The van der Waals surface area contributed by atoms with Gasteiger partial charge in [0.05, 0.1) is 6.54 Å². The van der Waals surface area contributed by atoms with Crippen molar-refractivity contribution in [2.24, 2.45) is 11.7 Å². The van der Waals surface area contributed by atoms with Crippen LogP contribution in [-0.2, 0) is 0 Å². The van der Waals surface area contributed by atoms with E-state index in [2.05, 4.69) is 19.1 Å². The van der Waals surface area contributed by atoms with Gasteiger partial charge in [0, 0.05) is 5.56 Å². The standard InChI is InChI=1S/C20H31NO/c1-2-3-4-5-6-16-7-9-17(10-8-16)18-11-13-19(14-12-18)20(22)15-21/h11-14,16-17H,2-10,15,21H2,1H3. The Morgan fingerprint density at radius 3 is 2.32 bits per heavy atom. The van der Waals surface area contributed by atoms with Crippen LogP contribution in [0.15, 0.2) is 24.3 Å². The summed E-state index contributed by atoms with van der Waals surface area (Å²) in [7, 11) is 0. The molecular weight excluding hydrogens is 270 g/mol. The van der Waals surface area contributed by atoms with Gasteiger partial charge in [-0.2, -0.15) is 0 Å². The van der Waals surface area contributed by atoms with Crippen LogP contribution < -0.4 is 5.73 Å². The van der Waals surface area contributed by atoms with Crippen LogP contribution in [0.4, 0.5) is 0 Å². The third kappa shape index (κ3) is 4.95. The average Bonchev–Trinajstić information content (AvgIpc) is 2.59. The lowest BCUT2D eigenvalue weighted by atomic mass is 9.77. The lowest BCUT2D eigenvalue weighted by Gasteiger charge is -2.29. The first-order valence-electron chi connectivity index (χ1n) is 9.07. The quantitative estimate of drug-likeness (QED) is 0.538. The van der Waals surface area contributed by atoms with E-state index in [-0.39, 0.29) is 12.3 Å². The lowest BCUT2D eigenvalue weighted by Crippen LogP contribution is -2.15. The molecule has 1 aliphatic rings. The maximum atomic E-state index is 11.6. The van der Waals surface area contributed by atoms with Crippen molar-refractivity contribution in [1.82, 2.24) is 0 Å².